The number of hydrogen-bond donors (Lipinski definition) is 1. The molecule has 0 spiro atoms. The van der Waals surface area contributed by atoms with E-state index in [1.165, 1.54) is 6.07 Å². The highest BCUT2D eigenvalue weighted by Crippen LogP contribution is 2.15. The van der Waals surface area contributed by atoms with Gasteiger partial charge in [-0.25, -0.2) is 4.98 Å². The van der Waals surface area contributed by atoms with Crippen molar-refractivity contribution in [1.29, 1.82) is 0 Å². The highest BCUT2D eigenvalue weighted by atomic mass is 16.1. The van der Waals surface area contributed by atoms with E-state index in [2.05, 4.69) is 15.0 Å². The number of hydrogen-bond acceptors (Lipinski definition) is 3. The largest absolute Gasteiger partial charge is 0.311 e. The lowest BCUT2D eigenvalue weighted by molar-refractivity contribution is 0.924. The molecule has 0 saturated heterocycles. The zero-order chi connectivity index (χ0) is 11.5. The number of nitrogens with zero attached hydrogens (tertiary/aromatic N) is 2. The Hall–Kier alpha value is -1.97. The minimum atomic E-state index is -0.115. The molecule has 2 rings (SSSR count). The molecule has 0 aliphatic rings. The van der Waals surface area contributed by atoms with Crippen LogP contribution in [0.1, 0.15) is 18.4 Å². The second kappa shape index (κ2) is 4.26. The number of aryl methyl sites for hydroxylation is 2. The van der Waals surface area contributed by atoms with E-state index in [4.69, 9.17) is 0 Å². The van der Waals surface area contributed by atoms with Crippen LogP contribution in [0, 0.1) is 6.92 Å². The maximum absolute atomic E-state index is 11.4. The summed E-state index contributed by atoms with van der Waals surface area (Å²) in [5.74, 6) is 0.706. The van der Waals surface area contributed by atoms with Crippen LogP contribution in [0.5, 0.6) is 0 Å². The van der Waals surface area contributed by atoms with Gasteiger partial charge < -0.3 is 4.98 Å². The predicted octanol–water partition coefficient (Wildman–Crippen LogP) is 1.70. The van der Waals surface area contributed by atoms with Crippen LogP contribution in [0.25, 0.3) is 11.3 Å². The second-order valence-electron chi connectivity index (χ2n) is 3.62. The molecule has 0 amide bonds. The second-order valence-corrected chi connectivity index (χ2v) is 3.62. The first-order valence-corrected chi connectivity index (χ1v) is 5.22. The summed E-state index contributed by atoms with van der Waals surface area (Å²) in [4.78, 5) is 22.6. The number of nitrogens with one attached hydrogen (secondary N) is 1. The summed E-state index contributed by atoms with van der Waals surface area (Å²) >= 11 is 0. The molecule has 2 heterocycles. The summed E-state index contributed by atoms with van der Waals surface area (Å²) in [6, 6.07) is 5.28. The van der Waals surface area contributed by atoms with Gasteiger partial charge in [0.1, 0.15) is 5.82 Å². The Labute approximate surface area is 93.4 Å². The van der Waals surface area contributed by atoms with Gasteiger partial charge in [-0.3, -0.25) is 9.78 Å². The number of rotatable bonds is 2. The maximum atomic E-state index is 11.4. The highest BCUT2D eigenvalue weighted by Gasteiger charge is 2.03. The molecule has 2 aromatic rings. The summed E-state index contributed by atoms with van der Waals surface area (Å²) in [6.07, 6.45) is 2.44. The zero-order valence-electron chi connectivity index (χ0n) is 9.32. The van der Waals surface area contributed by atoms with E-state index < -0.39 is 0 Å². The molecule has 2 aromatic heterocycles. The Balaban J connectivity index is 2.55. The van der Waals surface area contributed by atoms with E-state index in [0.717, 1.165) is 11.3 Å². The fourth-order valence-electron chi connectivity index (χ4n) is 1.53. The van der Waals surface area contributed by atoms with Gasteiger partial charge in [-0.15, -0.1) is 0 Å². The molecule has 0 aliphatic heterocycles. The Morgan fingerprint density at radius 3 is 2.88 bits per heavy atom. The fourth-order valence-corrected chi connectivity index (χ4v) is 1.53. The quantitative estimate of drug-likeness (QED) is 0.829. The first-order valence-electron chi connectivity index (χ1n) is 5.22. The van der Waals surface area contributed by atoms with Gasteiger partial charge in [-0.2, -0.15) is 0 Å². The predicted molar refractivity (Wildman–Crippen MR) is 62.2 cm³/mol. The van der Waals surface area contributed by atoms with E-state index in [1.807, 2.05) is 26.0 Å². The molecule has 0 fully saturated rings. The SMILES string of the molecule is CCc1nc(-c2ccnc(C)c2)cc(=O)[nH]1. The molecule has 82 valence electrons. The van der Waals surface area contributed by atoms with Crippen molar-refractivity contribution in [2.45, 2.75) is 20.3 Å². The minimum Gasteiger partial charge on any atom is -0.311 e. The monoisotopic (exact) mass is 215 g/mol. The molecule has 4 heteroatoms. The molecule has 0 bridgehead atoms. The topological polar surface area (TPSA) is 58.6 Å². The highest BCUT2D eigenvalue weighted by molar-refractivity contribution is 5.58. The fraction of sp³-hybridized carbons (Fsp3) is 0.250. The lowest BCUT2D eigenvalue weighted by Crippen LogP contribution is -2.10. The average Bonchev–Trinajstić information content (AvgIpc) is 2.28. The van der Waals surface area contributed by atoms with Crippen molar-refractivity contribution >= 4 is 0 Å². The smallest absolute Gasteiger partial charge is 0.251 e. The van der Waals surface area contributed by atoms with Gasteiger partial charge in [0, 0.05) is 29.9 Å². The first-order chi connectivity index (χ1) is 7.69. The van der Waals surface area contributed by atoms with Crippen LogP contribution >= 0.6 is 0 Å². The summed E-state index contributed by atoms with van der Waals surface area (Å²) in [5, 5.41) is 0. The molecule has 1 N–H and O–H groups in total. The van der Waals surface area contributed by atoms with Crippen LogP contribution in [0.15, 0.2) is 29.2 Å². The Kier molecular flexibility index (Phi) is 2.81. The summed E-state index contributed by atoms with van der Waals surface area (Å²) in [5.41, 5.74) is 2.42. The normalized spacial score (nSPS) is 10.4. The Morgan fingerprint density at radius 2 is 2.19 bits per heavy atom. The van der Waals surface area contributed by atoms with Crippen molar-refractivity contribution in [2.24, 2.45) is 0 Å². The van der Waals surface area contributed by atoms with Crippen molar-refractivity contribution in [3.63, 3.8) is 0 Å². The molecule has 0 atom stereocenters. The van der Waals surface area contributed by atoms with Crippen LogP contribution in [0.3, 0.4) is 0 Å². The van der Waals surface area contributed by atoms with Gasteiger partial charge in [-0.05, 0) is 19.1 Å². The average molecular weight is 215 g/mol. The molecule has 0 aliphatic carbocycles. The molecule has 0 unspecified atom stereocenters. The lowest BCUT2D eigenvalue weighted by Gasteiger charge is -2.03. The van der Waals surface area contributed by atoms with E-state index in [0.29, 0.717) is 17.9 Å². The lowest BCUT2D eigenvalue weighted by atomic mass is 10.1. The van der Waals surface area contributed by atoms with Gasteiger partial charge in [0.25, 0.3) is 5.56 Å². The Bertz CT molecular complexity index is 560. The minimum absolute atomic E-state index is 0.115. The van der Waals surface area contributed by atoms with E-state index in [-0.39, 0.29) is 5.56 Å². The van der Waals surface area contributed by atoms with Crippen molar-refractivity contribution in [1.82, 2.24) is 15.0 Å². The molecule has 0 aromatic carbocycles. The summed E-state index contributed by atoms with van der Waals surface area (Å²) < 4.78 is 0. The third-order valence-electron chi connectivity index (χ3n) is 2.32. The van der Waals surface area contributed by atoms with E-state index in [9.17, 15) is 4.79 Å². The van der Waals surface area contributed by atoms with Crippen molar-refractivity contribution < 1.29 is 0 Å². The Morgan fingerprint density at radius 1 is 1.38 bits per heavy atom. The maximum Gasteiger partial charge on any atom is 0.251 e. The molecule has 16 heavy (non-hydrogen) atoms. The molecular formula is C12H13N3O. The van der Waals surface area contributed by atoms with Crippen molar-refractivity contribution in [3.8, 4) is 11.3 Å². The van der Waals surface area contributed by atoms with Crippen LogP contribution in [0.4, 0.5) is 0 Å². The van der Waals surface area contributed by atoms with Crippen LogP contribution in [-0.4, -0.2) is 15.0 Å². The zero-order valence-corrected chi connectivity index (χ0v) is 9.32. The van der Waals surface area contributed by atoms with Crippen molar-refractivity contribution in [2.75, 3.05) is 0 Å². The third-order valence-corrected chi connectivity index (χ3v) is 2.32. The molecule has 0 saturated carbocycles. The van der Waals surface area contributed by atoms with Gasteiger partial charge in [0.15, 0.2) is 0 Å². The molecule has 4 nitrogen and oxygen atoms in total. The third kappa shape index (κ3) is 2.16. The van der Waals surface area contributed by atoms with Gasteiger partial charge in [0.2, 0.25) is 0 Å². The van der Waals surface area contributed by atoms with Crippen LogP contribution < -0.4 is 5.56 Å². The number of aromatic amines is 1. The summed E-state index contributed by atoms with van der Waals surface area (Å²) in [6.45, 7) is 3.87. The number of aromatic nitrogens is 3. The van der Waals surface area contributed by atoms with Gasteiger partial charge in [-0.1, -0.05) is 6.92 Å². The standard InChI is InChI=1S/C12H13N3O/c1-3-11-14-10(7-12(16)15-11)9-4-5-13-8(2)6-9/h4-7H,3H2,1-2H3,(H,14,15,16). The number of H-pyrrole nitrogens is 1. The molecule has 0 radical (unpaired) electrons. The van der Waals surface area contributed by atoms with E-state index in [1.54, 1.807) is 6.20 Å². The van der Waals surface area contributed by atoms with E-state index >= 15 is 0 Å². The molecular weight excluding hydrogens is 202 g/mol. The van der Waals surface area contributed by atoms with Crippen LogP contribution in [0.2, 0.25) is 0 Å². The van der Waals surface area contributed by atoms with Gasteiger partial charge >= 0.3 is 0 Å². The number of pyridine rings is 1. The first kappa shape index (κ1) is 10.5. The van der Waals surface area contributed by atoms with Gasteiger partial charge in [0.05, 0.1) is 5.69 Å². The van der Waals surface area contributed by atoms with Crippen molar-refractivity contribution in [3.05, 3.63) is 46.3 Å². The summed E-state index contributed by atoms with van der Waals surface area (Å²) in [7, 11) is 0. The van der Waals surface area contributed by atoms with Crippen LogP contribution in [-0.2, 0) is 6.42 Å².